The van der Waals surface area contributed by atoms with Crippen LogP contribution in [0.1, 0.15) is 11.4 Å². The number of halogens is 2. The van der Waals surface area contributed by atoms with Gasteiger partial charge in [-0.3, -0.25) is 0 Å². The monoisotopic (exact) mass is 297 g/mol. The summed E-state index contributed by atoms with van der Waals surface area (Å²) in [5.41, 5.74) is 6.14. The van der Waals surface area contributed by atoms with Gasteiger partial charge in [0.15, 0.2) is 0 Å². The average Bonchev–Trinajstić information content (AvgIpc) is 2.71. The van der Waals surface area contributed by atoms with Crippen molar-refractivity contribution in [2.75, 3.05) is 6.54 Å². The van der Waals surface area contributed by atoms with E-state index < -0.39 is 0 Å². The highest BCUT2D eigenvalue weighted by atomic mass is 79.9. The molecule has 90 valence electrons. The fraction of sp³-hybridized carbons (Fsp3) is 0.250. The molecule has 2 N–H and O–H groups in total. The summed E-state index contributed by atoms with van der Waals surface area (Å²) in [6.45, 7) is 1.02. The molecule has 1 aromatic heterocycles. The quantitative estimate of drug-likeness (QED) is 0.941. The lowest BCUT2D eigenvalue weighted by atomic mass is 10.2. The van der Waals surface area contributed by atoms with Gasteiger partial charge in [-0.25, -0.2) is 9.37 Å². The highest BCUT2D eigenvalue weighted by Gasteiger charge is 2.06. The molecule has 0 spiro atoms. The highest BCUT2D eigenvalue weighted by molar-refractivity contribution is 9.10. The van der Waals surface area contributed by atoms with E-state index in [1.165, 1.54) is 6.07 Å². The first-order valence-corrected chi connectivity index (χ1v) is 6.14. The van der Waals surface area contributed by atoms with Crippen LogP contribution in [0.15, 0.2) is 35.1 Å². The SMILES string of the molecule is NCCc1nccn1Cc1ccc(Br)cc1F. The largest absolute Gasteiger partial charge is 0.330 e. The summed E-state index contributed by atoms with van der Waals surface area (Å²) in [5.74, 6) is 0.668. The first-order chi connectivity index (χ1) is 8.20. The molecule has 0 amide bonds. The van der Waals surface area contributed by atoms with E-state index in [4.69, 9.17) is 5.73 Å². The van der Waals surface area contributed by atoms with Crippen LogP contribution in [-0.4, -0.2) is 16.1 Å². The average molecular weight is 298 g/mol. The lowest BCUT2D eigenvalue weighted by Crippen LogP contribution is -2.11. The third-order valence-electron chi connectivity index (χ3n) is 2.53. The number of nitrogens with two attached hydrogens (primary N) is 1. The minimum atomic E-state index is -0.216. The summed E-state index contributed by atoms with van der Waals surface area (Å²) in [6.07, 6.45) is 4.25. The lowest BCUT2D eigenvalue weighted by Gasteiger charge is -2.08. The molecular formula is C12H13BrFN3. The number of aromatic nitrogens is 2. The van der Waals surface area contributed by atoms with E-state index in [1.807, 2.05) is 16.8 Å². The van der Waals surface area contributed by atoms with Crippen molar-refractivity contribution in [2.24, 2.45) is 5.73 Å². The van der Waals surface area contributed by atoms with Crippen LogP contribution < -0.4 is 5.73 Å². The smallest absolute Gasteiger partial charge is 0.129 e. The maximum atomic E-state index is 13.7. The maximum Gasteiger partial charge on any atom is 0.129 e. The Morgan fingerprint density at radius 2 is 2.24 bits per heavy atom. The standard InChI is InChI=1S/C12H13BrFN3/c13-10-2-1-9(11(14)7-10)8-17-6-5-16-12(17)3-4-15/h1-2,5-7H,3-4,8,15H2. The summed E-state index contributed by atoms with van der Waals surface area (Å²) in [4.78, 5) is 4.20. The maximum absolute atomic E-state index is 13.7. The Morgan fingerprint density at radius 1 is 1.41 bits per heavy atom. The number of imidazole rings is 1. The molecule has 2 rings (SSSR count). The molecule has 0 aliphatic heterocycles. The molecule has 0 aliphatic rings. The molecule has 0 unspecified atom stereocenters. The van der Waals surface area contributed by atoms with Crippen LogP contribution in [0.5, 0.6) is 0 Å². The molecule has 0 radical (unpaired) electrons. The Bertz CT molecular complexity index is 510. The molecule has 0 fully saturated rings. The van der Waals surface area contributed by atoms with Gasteiger partial charge in [-0.2, -0.15) is 0 Å². The van der Waals surface area contributed by atoms with Gasteiger partial charge in [0.2, 0.25) is 0 Å². The van der Waals surface area contributed by atoms with Gasteiger partial charge in [0.25, 0.3) is 0 Å². The van der Waals surface area contributed by atoms with E-state index in [-0.39, 0.29) is 5.82 Å². The second-order valence-electron chi connectivity index (χ2n) is 3.75. The van der Waals surface area contributed by atoms with E-state index in [9.17, 15) is 4.39 Å². The predicted octanol–water partition coefficient (Wildman–Crippen LogP) is 2.33. The summed E-state index contributed by atoms with van der Waals surface area (Å²) in [5, 5.41) is 0. The van der Waals surface area contributed by atoms with E-state index in [0.717, 1.165) is 10.3 Å². The van der Waals surface area contributed by atoms with Crippen LogP contribution in [0.25, 0.3) is 0 Å². The molecule has 3 nitrogen and oxygen atoms in total. The van der Waals surface area contributed by atoms with Crippen molar-refractivity contribution in [3.8, 4) is 0 Å². The van der Waals surface area contributed by atoms with Gasteiger partial charge in [0, 0.05) is 28.9 Å². The summed E-state index contributed by atoms with van der Waals surface area (Å²) >= 11 is 3.24. The summed E-state index contributed by atoms with van der Waals surface area (Å²) in [6, 6.07) is 5.07. The second kappa shape index (κ2) is 5.42. The van der Waals surface area contributed by atoms with E-state index in [0.29, 0.717) is 25.1 Å². The van der Waals surface area contributed by atoms with Crippen LogP contribution in [-0.2, 0) is 13.0 Å². The third-order valence-corrected chi connectivity index (χ3v) is 3.02. The molecule has 0 atom stereocenters. The summed E-state index contributed by atoms with van der Waals surface area (Å²) in [7, 11) is 0. The number of nitrogens with zero attached hydrogens (tertiary/aromatic N) is 2. The van der Waals surface area contributed by atoms with Gasteiger partial charge < -0.3 is 10.3 Å². The van der Waals surface area contributed by atoms with Crippen molar-refractivity contribution < 1.29 is 4.39 Å². The molecule has 1 aromatic carbocycles. The van der Waals surface area contributed by atoms with Crippen LogP contribution in [0.3, 0.4) is 0 Å². The molecule has 1 heterocycles. The van der Waals surface area contributed by atoms with Crippen LogP contribution in [0, 0.1) is 5.82 Å². The molecule has 0 saturated heterocycles. The minimum Gasteiger partial charge on any atom is -0.330 e. The Balaban J connectivity index is 2.22. The zero-order valence-electron chi connectivity index (χ0n) is 9.24. The Labute approximate surface area is 108 Å². The van der Waals surface area contributed by atoms with E-state index >= 15 is 0 Å². The van der Waals surface area contributed by atoms with Crippen LogP contribution >= 0.6 is 15.9 Å². The molecule has 17 heavy (non-hydrogen) atoms. The Morgan fingerprint density at radius 3 is 2.94 bits per heavy atom. The van der Waals surface area contributed by atoms with Gasteiger partial charge in [0.1, 0.15) is 11.6 Å². The number of hydrogen-bond acceptors (Lipinski definition) is 2. The predicted molar refractivity (Wildman–Crippen MR) is 68.2 cm³/mol. The molecule has 0 aliphatic carbocycles. The minimum absolute atomic E-state index is 0.216. The van der Waals surface area contributed by atoms with Crippen molar-refractivity contribution in [2.45, 2.75) is 13.0 Å². The van der Waals surface area contributed by atoms with E-state index in [2.05, 4.69) is 20.9 Å². The first kappa shape index (κ1) is 12.3. The second-order valence-corrected chi connectivity index (χ2v) is 4.66. The number of benzene rings is 1. The fourth-order valence-corrected chi connectivity index (χ4v) is 2.01. The number of rotatable bonds is 4. The topological polar surface area (TPSA) is 43.8 Å². The third kappa shape index (κ3) is 2.92. The van der Waals surface area contributed by atoms with Gasteiger partial charge in [-0.15, -0.1) is 0 Å². The first-order valence-electron chi connectivity index (χ1n) is 5.34. The zero-order valence-corrected chi connectivity index (χ0v) is 10.8. The zero-order chi connectivity index (χ0) is 12.3. The van der Waals surface area contributed by atoms with Gasteiger partial charge in [-0.05, 0) is 18.7 Å². The highest BCUT2D eigenvalue weighted by Crippen LogP contribution is 2.16. The molecule has 5 heteroatoms. The van der Waals surface area contributed by atoms with Crippen molar-refractivity contribution in [3.05, 3.63) is 52.3 Å². The van der Waals surface area contributed by atoms with Crippen molar-refractivity contribution in [1.82, 2.24) is 9.55 Å². The summed E-state index contributed by atoms with van der Waals surface area (Å²) < 4.78 is 16.3. The molecule has 2 aromatic rings. The normalized spacial score (nSPS) is 10.8. The van der Waals surface area contributed by atoms with Crippen molar-refractivity contribution >= 4 is 15.9 Å². The van der Waals surface area contributed by atoms with Crippen LogP contribution in [0.2, 0.25) is 0 Å². The van der Waals surface area contributed by atoms with Gasteiger partial charge >= 0.3 is 0 Å². The van der Waals surface area contributed by atoms with Gasteiger partial charge in [-0.1, -0.05) is 22.0 Å². The molecule has 0 bridgehead atoms. The van der Waals surface area contributed by atoms with Crippen molar-refractivity contribution in [1.29, 1.82) is 0 Å². The fourth-order valence-electron chi connectivity index (χ4n) is 1.67. The Kier molecular flexibility index (Phi) is 3.91. The van der Waals surface area contributed by atoms with Gasteiger partial charge in [0.05, 0.1) is 6.54 Å². The van der Waals surface area contributed by atoms with Crippen molar-refractivity contribution in [3.63, 3.8) is 0 Å². The van der Waals surface area contributed by atoms with Crippen LogP contribution in [0.4, 0.5) is 4.39 Å². The van der Waals surface area contributed by atoms with E-state index in [1.54, 1.807) is 12.3 Å². The molecule has 0 saturated carbocycles. The Hall–Kier alpha value is -1.20. The number of hydrogen-bond donors (Lipinski definition) is 1. The lowest BCUT2D eigenvalue weighted by molar-refractivity contribution is 0.593. The molecular weight excluding hydrogens is 285 g/mol.